The zero-order chi connectivity index (χ0) is 4.99. The highest BCUT2D eigenvalue weighted by atomic mass is 32.2. The lowest BCUT2D eigenvalue weighted by atomic mass is 11.0. The van der Waals surface area contributed by atoms with E-state index in [1.807, 2.05) is 0 Å². The van der Waals surface area contributed by atoms with Gasteiger partial charge in [-0.05, 0) is 0 Å². The fraction of sp³-hybridized carbons (Fsp3) is 0.667. The van der Waals surface area contributed by atoms with Crippen molar-refractivity contribution >= 4 is 17.1 Å². The Balaban J connectivity index is 2.83. The fourth-order valence-corrected chi connectivity index (χ4v) is 0.340. The molecule has 0 aliphatic heterocycles. The molecule has 0 aromatic heterocycles. The second kappa shape index (κ2) is 3.15. The van der Waals surface area contributed by atoms with E-state index in [9.17, 15) is 9.18 Å². The molecule has 0 aliphatic carbocycles. The molecular formula is C3H5FOS. The normalized spacial score (nSPS) is 8.33. The summed E-state index contributed by atoms with van der Waals surface area (Å²) < 4.78 is 11.0. The van der Waals surface area contributed by atoms with E-state index in [-0.39, 0.29) is 0 Å². The van der Waals surface area contributed by atoms with Crippen molar-refractivity contribution in [1.82, 2.24) is 0 Å². The molecule has 0 saturated heterocycles. The average molecular weight is 108 g/mol. The Labute approximate surface area is 39.9 Å². The number of halogens is 1. The standard InChI is InChI=1S/C3H5FOS/c1-2-6-3(4)5/h2H2,1H3. The van der Waals surface area contributed by atoms with Crippen molar-refractivity contribution in [2.24, 2.45) is 0 Å². The molecule has 3 heteroatoms. The van der Waals surface area contributed by atoms with Gasteiger partial charge in [0.05, 0.1) is 0 Å². The van der Waals surface area contributed by atoms with Crippen LogP contribution in [-0.2, 0) is 0 Å². The first kappa shape index (κ1) is 5.95. The third-order valence-electron chi connectivity index (χ3n) is 0.258. The molecule has 0 heterocycles. The summed E-state index contributed by atoms with van der Waals surface area (Å²) in [4.78, 5) is 9.34. The minimum atomic E-state index is -1.29. The monoisotopic (exact) mass is 108 g/mol. The van der Waals surface area contributed by atoms with E-state index in [1.54, 1.807) is 6.92 Å². The zero-order valence-corrected chi connectivity index (χ0v) is 4.22. The molecule has 0 amide bonds. The molecule has 0 atom stereocenters. The van der Waals surface area contributed by atoms with Crippen LogP contribution in [0, 0.1) is 0 Å². The highest BCUT2D eigenvalue weighted by Gasteiger charge is 1.90. The van der Waals surface area contributed by atoms with Gasteiger partial charge in [-0.15, -0.1) is 0 Å². The van der Waals surface area contributed by atoms with Gasteiger partial charge < -0.3 is 0 Å². The topological polar surface area (TPSA) is 17.1 Å². The van der Waals surface area contributed by atoms with Crippen LogP contribution in [0.4, 0.5) is 9.18 Å². The van der Waals surface area contributed by atoms with Crippen molar-refractivity contribution in [2.75, 3.05) is 5.75 Å². The average Bonchev–Trinajstić information content (AvgIpc) is 1.35. The van der Waals surface area contributed by atoms with E-state index in [2.05, 4.69) is 0 Å². The number of hydrogen-bond donors (Lipinski definition) is 0. The predicted octanol–water partition coefficient (Wildman–Crippen LogP) is 1.83. The van der Waals surface area contributed by atoms with Gasteiger partial charge in [0.1, 0.15) is 0 Å². The Bertz CT molecular complexity index is 54.8. The van der Waals surface area contributed by atoms with Crippen LogP contribution in [-0.4, -0.2) is 11.1 Å². The molecular weight excluding hydrogens is 103 g/mol. The molecule has 36 valence electrons. The molecule has 0 bridgehead atoms. The highest BCUT2D eigenvalue weighted by molar-refractivity contribution is 8.13. The van der Waals surface area contributed by atoms with Gasteiger partial charge in [0.2, 0.25) is 0 Å². The lowest BCUT2D eigenvalue weighted by Gasteiger charge is -1.76. The first-order valence-electron chi connectivity index (χ1n) is 1.59. The number of rotatable bonds is 1. The van der Waals surface area contributed by atoms with E-state index < -0.39 is 5.37 Å². The Morgan fingerprint density at radius 2 is 2.50 bits per heavy atom. The van der Waals surface area contributed by atoms with Crippen LogP contribution in [0.15, 0.2) is 0 Å². The molecule has 1 nitrogen and oxygen atoms in total. The third kappa shape index (κ3) is 3.95. The van der Waals surface area contributed by atoms with Crippen LogP contribution < -0.4 is 0 Å². The lowest BCUT2D eigenvalue weighted by Crippen LogP contribution is -1.72. The first-order chi connectivity index (χ1) is 2.77. The summed E-state index contributed by atoms with van der Waals surface area (Å²) in [5.41, 5.74) is 0. The Hall–Kier alpha value is -0.0500. The van der Waals surface area contributed by atoms with Crippen LogP contribution in [0.25, 0.3) is 0 Å². The summed E-state index contributed by atoms with van der Waals surface area (Å²) in [7, 11) is 0. The van der Waals surface area contributed by atoms with Gasteiger partial charge in [-0.1, -0.05) is 18.7 Å². The molecule has 0 aromatic carbocycles. The van der Waals surface area contributed by atoms with Crippen molar-refractivity contribution in [1.29, 1.82) is 0 Å². The molecule has 0 rings (SSSR count). The third-order valence-corrected chi connectivity index (χ3v) is 0.773. The van der Waals surface area contributed by atoms with Gasteiger partial charge in [-0.3, -0.25) is 0 Å². The summed E-state index contributed by atoms with van der Waals surface area (Å²) in [5.74, 6) is 0.523. The minimum absolute atomic E-state index is 0.523. The number of hydrogen-bond acceptors (Lipinski definition) is 2. The van der Waals surface area contributed by atoms with Gasteiger partial charge in [-0.2, -0.15) is 4.39 Å². The minimum Gasteiger partial charge on any atom is -0.248 e. The summed E-state index contributed by atoms with van der Waals surface area (Å²) >= 11 is 0.681. The van der Waals surface area contributed by atoms with Crippen LogP contribution in [0.3, 0.4) is 0 Å². The van der Waals surface area contributed by atoms with E-state index in [0.717, 1.165) is 0 Å². The second-order valence-electron chi connectivity index (χ2n) is 0.671. The lowest BCUT2D eigenvalue weighted by molar-refractivity contribution is 0.245. The second-order valence-corrected chi connectivity index (χ2v) is 1.86. The fourth-order valence-electron chi connectivity index (χ4n) is 0.113. The molecule has 0 fully saturated rings. The van der Waals surface area contributed by atoms with Crippen molar-refractivity contribution in [3.63, 3.8) is 0 Å². The number of carbonyl (C=O) groups excluding carboxylic acids is 1. The Morgan fingerprint density at radius 1 is 2.00 bits per heavy atom. The number of carbonyl (C=O) groups is 1. The summed E-state index contributed by atoms with van der Waals surface area (Å²) in [5, 5.41) is -1.29. The molecule has 0 spiro atoms. The van der Waals surface area contributed by atoms with Crippen LogP contribution >= 0.6 is 11.8 Å². The zero-order valence-electron chi connectivity index (χ0n) is 3.40. The van der Waals surface area contributed by atoms with Crippen molar-refractivity contribution < 1.29 is 9.18 Å². The van der Waals surface area contributed by atoms with Crippen LogP contribution in [0.1, 0.15) is 6.92 Å². The molecule has 0 N–H and O–H groups in total. The van der Waals surface area contributed by atoms with Gasteiger partial charge in [0.15, 0.2) is 0 Å². The Morgan fingerprint density at radius 3 is 2.50 bits per heavy atom. The molecule has 0 aliphatic rings. The summed E-state index contributed by atoms with van der Waals surface area (Å²) in [6.45, 7) is 1.72. The quantitative estimate of drug-likeness (QED) is 0.476. The van der Waals surface area contributed by atoms with Crippen LogP contribution in [0.5, 0.6) is 0 Å². The van der Waals surface area contributed by atoms with E-state index in [1.165, 1.54) is 0 Å². The maximum atomic E-state index is 11.0. The summed E-state index contributed by atoms with van der Waals surface area (Å²) in [6.07, 6.45) is 0. The molecule has 0 aromatic rings. The van der Waals surface area contributed by atoms with E-state index in [0.29, 0.717) is 17.5 Å². The van der Waals surface area contributed by atoms with E-state index in [4.69, 9.17) is 0 Å². The van der Waals surface area contributed by atoms with Gasteiger partial charge >= 0.3 is 5.37 Å². The van der Waals surface area contributed by atoms with Crippen molar-refractivity contribution in [3.05, 3.63) is 0 Å². The first-order valence-corrected chi connectivity index (χ1v) is 2.58. The van der Waals surface area contributed by atoms with Crippen molar-refractivity contribution in [3.8, 4) is 0 Å². The molecule has 6 heavy (non-hydrogen) atoms. The maximum absolute atomic E-state index is 11.0. The SMILES string of the molecule is CCSC(=O)F. The van der Waals surface area contributed by atoms with Gasteiger partial charge in [0, 0.05) is 5.75 Å². The Kier molecular flexibility index (Phi) is 3.13. The van der Waals surface area contributed by atoms with Crippen LogP contribution in [0.2, 0.25) is 0 Å². The number of thioether (sulfide) groups is 1. The summed E-state index contributed by atoms with van der Waals surface area (Å²) in [6, 6.07) is 0. The maximum Gasteiger partial charge on any atom is 0.359 e. The molecule has 0 radical (unpaired) electrons. The van der Waals surface area contributed by atoms with Crippen molar-refractivity contribution in [2.45, 2.75) is 6.92 Å². The molecule has 0 unspecified atom stereocenters. The predicted molar refractivity (Wildman–Crippen MR) is 24.6 cm³/mol. The largest absolute Gasteiger partial charge is 0.359 e. The van der Waals surface area contributed by atoms with Gasteiger partial charge in [0.25, 0.3) is 0 Å². The smallest absolute Gasteiger partial charge is 0.248 e. The van der Waals surface area contributed by atoms with Gasteiger partial charge in [-0.25, -0.2) is 4.79 Å². The van der Waals surface area contributed by atoms with E-state index >= 15 is 0 Å². The highest BCUT2D eigenvalue weighted by Crippen LogP contribution is 2.01. The molecule has 0 saturated carbocycles.